The van der Waals surface area contributed by atoms with E-state index >= 15 is 0 Å². The van der Waals surface area contributed by atoms with Gasteiger partial charge < -0.3 is 9.26 Å². The second-order valence-electron chi connectivity index (χ2n) is 8.43. The Morgan fingerprint density at radius 2 is 1.81 bits per heavy atom. The summed E-state index contributed by atoms with van der Waals surface area (Å²) in [5, 5.41) is 12.7. The topological polar surface area (TPSA) is 96.7 Å². The third-order valence-electron chi connectivity index (χ3n) is 5.75. The van der Waals surface area contributed by atoms with Crippen molar-refractivity contribution >= 4 is 0 Å². The Balaban J connectivity index is 1.27. The summed E-state index contributed by atoms with van der Waals surface area (Å²) >= 11 is 0. The average molecular weight is 509 g/mol. The maximum atomic E-state index is 12.4. The molecule has 0 aliphatic carbocycles. The van der Waals surface area contributed by atoms with Gasteiger partial charge in [-0.2, -0.15) is 15.2 Å². The van der Waals surface area contributed by atoms with Crippen molar-refractivity contribution in [2.45, 2.75) is 32.7 Å². The first-order valence-corrected chi connectivity index (χ1v) is 11.4. The number of alkyl halides is 3. The first-order valence-electron chi connectivity index (χ1n) is 11.4. The SMILES string of the molecule is Cc1cc(-c2nc(-c3ccc(OC(F)(F)F)cc3)no2)nn1Cc1ccnc(CCc2ccnn2C)c1. The van der Waals surface area contributed by atoms with Gasteiger partial charge in [-0.15, -0.1) is 13.2 Å². The molecule has 0 saturated carbocycles. The van der Waals surface area contributed by atoms with E-state index in [1.54, 1.807) is 12.4 Å². The number of benzene rings is 1. The molecule has 0 aliphatic rings. The second kappa shape index (κ2) is 9.88. The van der Waals surface area contributed by atoms with E-state index in [1.165, 1.54) is 24.3 Å². The molecule has 0 saturated heterocycles. The van der Waals surface area contributed by atoms with Crippen LogP contribution in [0.2, 0.25) is 0 Å². The number of rotatable bonds is 8. The summed E-state index contributed by atoms with van der Waals surface area (Å²) in [5.74, 6) is 0.109. The number of hydrogen-bond donors (Lipinski definition) is 0. The van der Waals surface area contributed by atoms with Gasteiger partial charge >= 0.3 is 6.36 Å². The molecule has 0 spiro atoms. The van der Waals surface area contributed by atoms with Crippen LogP contribution >= 0.6 is 0 Å². The van der Waals surface area contributed by atoms with E-state index in [1.807, 2.05) is 41.5 Å². The van der Waals surface area contributed by atoms with Crippen molar-refractivity contribution in [1.29, 1.82) is 0 Å². The third kappa shape index (κ3) is 5.85. The van der Waals surface area contributed by atoms with E-state index in [4.69, 9.17) is 4.52 Å². The van der Waals surface area contributed by atoms with Crippen molar-refractivity contribution in [3.8, 4) is 28.7 Å². The predicted molar refractivity (Wildman–Crippen MR) is 126 cm³/mol. The maximum absolute atomic E-state index is 12.4. The highest BCUT2D eigenvalue weighted by molar-refractivity contribution is 5.58. The quantitative estimate of drug-likeness (QED) is 0.297. The lowest BCUT2D eigenvalue weighted by Gasteiger charge is -2.08. The van der Waals surface area contributed by atoms with Gasteiger partial charge in [0.15, 0.2) is 5.69 Å². The normalized spacial score (nSPS) is 11.7. The molecule has 9 nitrogen and oxygen atoms in total. The van der Waals surface area contributed by atoms with E-state index in [2.05, 4.69) is 36.1 Å². The summed E-state index contributed by atoms with van der Waals surface area (Å²) in [7, 11) is 1.92. The molecule has 0 fully saturated rings. The minimum atomic E-state index is -4.75. The van der Waals surface area contributed by atoms with Crippen LogP contribution < -0.4 is 4.74 Å². The van der Waals surface area contributed by atoms with Crippen LogP contribution in [0.1, 0.15) is 22.6 Å². The van der Waals surface area contributed by atoms with Gasteiger partial charge in [-0.05, 0) is 73.9 Å². The fourth-order valence-corrected chi connectivity index (χ4v) is 3.86. The van der Waals surface area contributed by atoms with Gasteiger partial charge in [-0.3, -0.25) is 14.3 Å². The molecule has 1 aromatic carbocycles. The van der Waals surface area contributed by atoms with Crippen molar-refractivity contribution in [3.05, 3.63) is 83.6 Å². The van der Waals surface area contributed by atoms with Crippen molar-refractivity contribution in [1.82, 2.24) is 34.7 Å². The summed E-state index contributed by atoms with van der Waals surface area (Å²) in [4.78, 5) is 8.84. The molecule has 0 radical (unpaired) electrons. The molecule has 37 heavy (non-hydrogen) atoms. The van der Waals surface area contributed by atoms with Crippen molar-refractivity contribution in [3.63, 3.8) is 0 Å². The molecule has 190 valence electrons. The van der Waals surface area contributed by atoms with Crippen LogP contribution in [0.15, 0.2) is 65.4 Å². The molecule has 0 N–H and O–H groups in total. The van der Waals surface area contributed by atoms with Crippen LogP contribution in [0.5, 0.6) is 5.75 Å². The molecular formula is C25H22F3N7O2. The first-order chi connectivity index (χ1) is 17.7. The highest BCUT2D eigenvalue weighted by Gasteiger charge is 2.31. The smallest absolute Gasteiger partial charge is 0.406 e. The first kappa shape index (κ1) is 24.2. The molecule has 0 unspecified atom stereocenters. The van der Waals surface area contributed by atoms with Crippen LogP contribution in [-0.2, 0) is 26.4 Å². The van der Waals surface area contributed by atoms with Crippen LogP contribution in [0.25, 0.3) is 23.0 Å². The van der Waals surface area contributed by atoms with Crippen molar-refractivity contribution < 1.29 is 22.4 Å². The fourth-order valence-electron chi connectivity index (χ4n) is 3.86. The number of ether oxygens (including phenoxy) is 1. The summed E-state index contributed by atoms with van der Waals surface area (Å²) in [6.07, 6.45) is 0.463. The van der Waals surface area contributed by atoms with Gasteiger partial charge in [0.1, 0.15) is 5.75 Å². The van der Waals surface area contributed by atoms with E-state index < -0.39 is 6.36 Å². The molecule has 5 rings (SSSR count). The molecule has 4 heterocycles. The summed E-state index contributed by atoms with van der Waals surface area (Å²) < 4.78 is 50.1. The minimum absolute atomic E-state index is 0.207. The lowest BCUT2D eigenvalue weighted by Crippen LogP contribution is -2.16. The predicted octanol–water partition coefficient (Wildman–Crippen LogP) is 4.77. The molecule has 4 aromatic heterocycles. The fraction of sp³-hybridized carbons (Fsp3) is 0.240. The van der Waals surface area contributed by atoms with E-state index in [-0.39, 0.29) is 17.5 Å². The number of nitrogens with zero attached hydrogens (tertiary/aromatic N) is 7. The molecule has 0 atom stereocenters. The van der Waals surface area contributed by atoms with Crippen LogP contribution in [-0.4, -0.2) is 41.0 Å². The Bertz CT molecular complexity index is 1500. The zero-order chi connectivity index (χ0) is 26.0. The Labute approximate surface area is 209 Å². The lowest BCUT2D eigenvalue weighted by atomic mass is 10.1. The molecule has 0 amide bonds. The van der Waals surface area contributed by atoms with Crippen molar-refractivity contribution in [2.24, 2.45) is 7.05 Å². The summed E-state index contributed by atoms with van der Waals surface area (Å²) in [6.45, 7) is 2.46. The molecular weight excluding hydrogens is 487 g/mol. The van der Waals surface area contributed by atoms with E-state index in [0.29, 0.717) is 17.8 Å². The number of aryl methyl sites for hydroxylation is 4. The minimum Gasteiger partial charge on any atom is -0.406 e. The molecule has 0 bridgehead atoms. The standard InChI is InChI=1S/C25H22F3N7O2/c1-16-13-22(24-31-23(33-37-24)18-3-7-21(8-4-18)36-25(26,27)28)32-35(16)15-17-9-11-29-19(14-17)5-6-20-10-12-30-34(20)2/h3-4,7-14H,5-6,15H2,1-2H3. The van der Waals surface area contributed by atoms with Crippen LogP contribution in [0.4, 0.5) is 13.2 Å². The zero-order valence-electron chi connectivity index (χ0n) is 20.0. The van der Waals surface area contributed by atoms with Gasteiger partial charge in [0.2, 0.25) is 5.82 Å². The molecule has 12 heteroatoms. The van der Waals surface area contributed by atoms with Crippen LogP contribution in [0, 0.1) is 6.92 Å². The monoisotopic (exact) mass is 509 g/mol. The Hall–Kier alpha value is -4.48. The highest BCUT2D eigenvalue weighted by Crippen LogP contribution is 2.27. The second-order valence-corrected chi connectivity index (χ2v) is 8.43. The Morgan fingerprint density at radius 1 is 1.00 bits per heavy atom. The number of aromatic nitrogens is 7. The van der Waals surface area contributed by atoms with Gasteiger partial charge in [0, 0.05) is 42.1 Å². The Kier molecular flexibility index (Phi) is 6.47. The largest absolute Gasteiger partial charge is 0.573 e. The number of pyridine rings is 1. The average Bonchev–Trinajstić information content (AvgIpc) is 3.58. The lowest BCUT2D eigenvalue weighted by molar-refractivity contribution is -0.274. The highest BCUT2D eigenvalue weighted by atomic mass is 19.4. The maximum Gasteiger partial charge on any atom is 0.573 e. The third-order valence-corrected chi connectivity index (χ3v) is 5.75. The van der Waals surface area contributed by atoms with Gasteiger partial charge in [0.25, 0.3) is 5.89 Å². The van der Waals surface area contributed by atoms with E-state index in [0.717, 1.165) is 35.5 Å². The molecule has 5 aromatic rings. The summed E-state index contributed by atoms with van der Waals surface area (Å²) in [6, 6.07) is 13.1. The zero-order valence-corrected chi connectivity index (χ0v) is 20.0. The van der Waals surface area contributed by atoms with Gasteiger partial charge in [0.05, 0.1) is 6.54 Å². The van der Waals surface area contributed by atoms with Gasteiger partial charge in [-0.1, -0.05) is 5.16 Å². The number of halogens is 3. The van der Waals surface area contributed by atoms with Crippen molar-refractivity contribution in [2.75, 3.05) is 0 Å². The van der Waals surface area contributed by atoms with Crippen LogP contribution in [0.3, 0.4) is 0 Å². The van der Waals surface area contributed by atoms with Gasteiger partial charge in [-0.25, -0.2) is 0 Å². The Morgan fingerprint density at radius 3 is 2.54 bits per heavy atom. The number of hydrogen-bond acceptors (Lipinski definition) is 7. The van der Waals surface area contributed by atoms with E-state index in [9.17, 15) is 13.2 Å². The molecule has 0 aliphatic heterocycles. The summed E-state index contributed by atoms with van der Waals surface area (Å²) in [5.41, 5.74) is 5.06.